The van der Waals surface area contributed by atoms with Crippen LogP contribution in [0.2, 0.25) is 0 Å². The molecule has 0 bridgehead atoms. The Morgan fingerprint density at radius 3 is 2.75 bits per heavy atom. The highest BCUT2D eigenvalue weighted by Crippen LogP contribution is 2.19. The lowest BCUT2D eigenvalue weighted by atomic mass is 10.2. The van der Waals surface area contributed by atoms with Crippen LogP contribution in [0.5, 0.6) is 5.75 Å². The lowest BCUT2D eigenvalue weighted by Crippen LogP contribution is -2.33. The van der Waals surface area contributed by atoms with E-state index in [1.807, 2.05) is 0 Å². The first-order chi connectivity index (χ1) is 7.58. The molecule has 0 radical (unpaired) electrons. The summed E-state index contributed by atoms with van der Waals surface area (Å²) < 4.78 is 18.5. The van der Waals surface area contributed by atoms with Crippen LogP contribution in [0.4, 0.5) is 4.39 Å². The second kappa shape index (κ2) is 5.25. The van der Waals surface area contributed by atoms with Gasteiger partial charge in [-0.25, -0.2) is 4.39 Å². The molecule has 0 aromatic heterocycles. The van der Waals surface area contributed by atoms with Gasteiger partial charge in [-0.3, -0.25) is 9.59 Å². The molecule has 1 aromatic rings. The van der Waals surface area contributed by atoms with Crippen molar-refractivity contribution in [2.75, 3.05) is 0 Å². The standard InChI is InChI=1S/C11H12FNO3/c1-2-9(11(13)15)16-10-4-3-7(6-14)5-8(10)12/h3-6,9H,2H2,1H3,(H2,13,15). The first kappa shape index (κ1) is 12.2. The number of hydrogen-bond donors (Lipinski definition) is 1. The van der Waals surface area contributed by atoms with E-state index in [9.17, 15) is 14.0 Å². The van der Waals surface area contributed by atoms with Gasteiger partial charge in [0.15, 0.2) is 17.7 Å². The third kappa shape index (κ3) is 2.79. The van der Waals surface area contributed by atoms with Crippen molar-refractivity contribution in [2.24, 2.45) is 5.73 Å². The number of amides is 1. The molecule has 1 amide bonds. The molecule has 16 heavy (non-hydrogen) atoms. The summed E-state index contributed by atoms with van der Waals surface area (Å²) in [5, 5.41) is 0. The maximum absolute atomic E-state index is 13.4. The number of benzene rings is 1. The van der Waals surface area contributed by atoms with Crippen molar-refractivity contribution >= 4 is 12.2 Å². The van der Waals surface area contributed by atoms with Crippen LogP contribution >= 0.6 is 0 Å². The number of carbonyl (C=O) groups is 2. The van der Waals surface area contributed by atoms with Gasteiger partial charge in [0.25, 0.3) is 5.91 Å². The zero-order valence-electron chi connectivity index (χ0n) is 8.77. The van der Waals surface area contributed by atoms with E-state index in [0.717, 1.165) is 6.07 Å². The summed E-state index contributed by atoms with van der Waals surface area (Å²) in [5.41, 5.74) is 5.26. The smallest absolute Gasteiger partial charge is 0.258 e. The summed E-state index contributed by atoms with van der Waals surface area (Å²) in [6, 6.07) is 3.74. The van der Waals surface area contributed by atoms with Crippen molar-refractivity contribution in [3.8, 4) is 5.75 Å². The summed E-state index contributed by atoms with van der Waals surface area (Å²) in [6.07, 6.45) is 0.0132. The Bertz CT molecular complexity index is 406. The minimum absolute atomic E-state index is 0.0868. The van der Waals surface area contributed by atoms with Crippen LogP contribution in [0.3, 0.4) is 0 Å². The number of nitrogens with two attached hydrogens (primary N) is 1. The molecule has 0 fully saturated rings. The molecule has 1 unspecified atom stereocenters. The molecule has 4 nitrogen and oxygen atoms in total. The Kier molecular flexibility index (Phi) is 3.99. The molecule has 0 saturated heterocycles. The van der Waals surface area contributed by atoms with E-state index in [-0.39, 0.29) is 11.3 Å². The van der Waals surface area contributed by atoms with E-state index in [4.69, 9.17) is 10.5 Å². The lowest BCUT2D eigenvalue weighted by Gasteiger charge is -2.14. The molecule has 0 aliphatic rings. The van der Waals surface area contributed by atoms with Gasteiger partial charge >= 0.3 is 0 Å². The van der Waals surface area contributed by atoms with Gasteiger partial charge in [-0.15, -0.1) is 0 Å². The van der Waals surface area contributed by atoms with Crippen LogP contribution in [-0.4, -0.2) is 18.3 Å². The van der Waals surface area contributed by atoms with Crippen LogP contribution in [0.1, 0.15) is 23.7 Å². The number of ether oxygens (including phenoxy) is 1. The fourth-order valence-electron chi connectivity index (χ4n) is 1.18. The highest BCUT2D eigenvalue weighted by Gasteiger charge is 2.16. The minimum atomic E-state index is -0.864. The fourth-order valence-corrected chi connectivity index (χ4v) is 1.18. The molecule has 0 heterocycles. The Balaban J connectivity index is 2.88. The van der Waals surface area contributed by atoms with Crippen LogP contribution in [0.25, 0.3) is 0 Å². The number of carbonyl (C=O) groups excluding carboxylic acids is 2. The quantitative estimate of drug-likeness (QED) is 0.767. The SMILES string of the molecule is CCC(Oc1ccc(C=O)cc1F)C(N)=O. The van der Waals surface area contributed by atoms with Gasteiger partial charge in [0.1, 0.15) is 6.29 Å². The number of primary amides is 1. The highest BCUT2D eigenvalue weighted by molar-refractivity contribution is 5.79. The largest absolute Gasteiger partial charge is 0.478 e. The number of rotatable bonds is 5. The molecule has 0 aliphatic carbocycles. The first-order valence-electron chi connectivity index (χ1n) is 4.79. The van der Waals surface area contributed by atoms with Gasteiger partial charge in [-0.2, -0.15) is 0 Å². The number of aldehydes is 1. The molecular formula is C11H12FNO3. The third-order valence-corrected chi connectivity index (χ3v) is 2.05. The summed E-state index contributed by atoms with van der Waals surface area (Å²) in [7, 11) is 0. The molecule has 0 saturated carbocycles. The minimum Gasteiger partial charge on any atom is -0.478 e. The fraction of sp³-hybridized carbons (Fsp3) is 0.273. The molecule has 1 aromatic carbocycles. The van der Waals surface area contributed by atoms with Gasteiger partial charge in [-0.05, 0) is 24.6 Å². The van der Waals surface area contributed by atoms with E-state index < -0.39 is 17.8 Å². The second-order valence-corrected chi connectivity index (χ2v) is 3.22. The van der Waals surface area contributed by atoms with Gasteiger partial charge in [0, 0.05) is 5.56 Å². The molecule has 0 spiro atoms. The van der Waals surface area contributed by atoms with Gasteiger partial charge < -0.3 is 10.5 Å². The van der Waals surface area contributed by atoms with Gasteiger partial charge in [-0.1, -0.05) is 6.92 Å². The van der Waals surface area contributed by atoms with Crippen LogP contribution < -0.4 is 10.5 Å². The van der Waals surface area contributed by atoms with Gasteiger partial charge in [0.05, 0.1) is 0 Å². The maximum atomic E-state index is 13.4. The average Bonchev–Trinajstić information content (AvgIpc) is 2.26. The normalized spacial score (nSPS) is 11.9. The molecule has 1 atom stereocenters. The van der Waals surface area contributed by atoms with Crippen molar-refractivity contribution < 1.29 is 18.7 Å². The highest BCUT2D eigenvalue weighted by atomic mass is 19.1. The predicted octanol–water partition coefficient (Wildman–Crippen LogP) is 1.28. The van der Waals surface area contributed by atoms with Crippen LogP contribution in [0.15, 0.2) is 18.2 Å². The predicted molar refractivity (Wildman–Crippen MR) is 55.7 cm³/mol. The van der Waals surface area contributed by atoms with Crippen molar-refractivity contribution in [1.82, 2.24) is 0 Å². The summed E-state index contributed by atoms with van der Waals surface area (Å²) in [6.45, 7) is 1.70. The van der Waals surface area contributed by atoms with Crippen molar-refractivity contribution in [3.05, 3.63) is 29.6 Å². The monoisotopic (exact) mass is 225 g/mol. The average molecular weight is 225 g/mol. The number of hydrogen-bond acceptors (Lipinski definition) is 3. The topological polar surface area (TPSA) is 69.4 Å². The molecule has 5 heteroatoms. The Morgan fingerprint density at radius 2 is 2.31 bits per heavy atom. The molecule has 1 rings (SSSR count). The Labute approximate surface area is 92.2 Å². The summed E-state index contributed by atoms with van der Waals surface area (Å²) in [4.78, 5) is 21.3. The van der Waals surface area contributed by atoms with E-state index in [1.165, 1.54) is 12.1 Å². The van der Waals surface area contributed by atoms with Crippen molar-refractivity contribution in [3.63, 3.8) is 0 Å². The Morgan fingerprint density at radius 1 is 1.62 bits per heavy atom. The van der Waals surface area contributed by atoms with Crippen LogP contribution in [0, 0.1) is 5.82 Å². The summed E-state index contributed by atoms with van der Waals surface area (Å²) in [5.74, 6) is -1.43. The van der Waals surface area contributed by atoms with Gasteiger partial charge in [0.2, 0.25) is 0 Å². The zero-order valence-corrected chi connectivity index (χ0v) is 8.77. The van der Waals surface area contributed by atoms with E-state index in [1.54, 1.807) is 6.92 Å². The third-order valence-electron chi connectivity index (χ3n) is 2.05. The maximum Gasteiger partial charge on any atom is 0.258 e. The zero-order chi connectivity index (χ0) is 12.1. The Hall–Kier alpha value is -1.91. The molecular weight excluding hydrogens is 213 g/mol. The molecule has 86 valence electrons. The van der Waals surface area contributed by atoms with E-state index >= 15 is 0 Å². The summed E-state index contributed by atoms with van der Waals surface area (Å²) >= 11 is 0. The van der Waals surface area contributed by atoms with E-state index in [2.05, 4.69) is 0 Å². The van der Waals surface area contributed by atoms with Crippen LogP contribution in [-0.2, 0) is 4.79 Å². The molecule has 0 aliphatic heterocycles. The number of halogens is 1. The van der Waals surface area contributed by atoms with E-state index in [0.29, 0.717) is 12.7 Å². The van der Waals surface area contributed by atoms with Crippen molar-refractivity contribution in [2.45, 2.75) is 19.4 Å². The lowest BCUT2D eigenvalue weighted by molar-refractivity contribution is -0.124. The van der Waals surface area contributed by atoms with Crippen molar-refractivity contribution in [1.29, 1.82) is 0 Å². The second-order valence-electron chi connectivity index (χ2n) is 3.22. The first-order valence-corrected chi connectivity index (χ1v) is 4.79. The molecule has 2 N–H and O–H groups in total.